The number of rotatable bonds is 5. The maximum atomic E-state index is 5.24. The van der Waals surface area contributed by atoms with Crippen LogP contribution in [-0.2, 0) is 13.1 Å². The Morgan fingerprint density at radius 1 is 0.950 bits per heavy atom. The minimum Gasteiger partial charge on any atom is -0.497 e. The molecule has 2 nitrogen and oxygen atoms in total. The van der Waals surface area contributed by atoms with Gasteiger partial charge in [0.25, 0.3) is 0 Å². The van der Waals surface area contributed by atoms with E-state index in [-0.39, 0.29) is 0 Å². The van der Waals surface area contributed by atoms with E-state index in [4.69, 9.17) is 4.74 Å². The van der Waals surface area contributed by atoms with E-state index in [1.165, 1.54) is 27.8 Å². The minimum atomic E-state index is 0.851. The summed E-state index contributed by atoms with van der Waals surface area (Å²) >= 11 is 0. The van der Waals surface area contributed by atoms with Gasteiger partial charge in [0.05, 0.1) is 7.11 Å². The lowest BCUT2D eigenvalue weighted by molar-refractivity contribution is 0.414. The van der Waals surface area contributed by atoms with Gasteiger partial charge in [-0.3, -0.25) is 0 Å². The van der Waals surface area contributed by atoms with Crippen LogP contribution in [-0.4, -0.2) is 7.11 Å². The molecule has 0 unspecified atom stereocenters. The summed E-state index contributed by atoms with van der Waals surface area (Å²) in [6.45, 7) is 8.26. The van der Waals surface area contributed by atoms with Crippen molar-refractivity contribution in [3.63, 3.8) is 0 Å². The molecular weight excluding hydrogens is 246 g/mol. The normalized spacial score (nSPS) is 10.6. The summed E-state index contributed by atoms with van der Waals surface area (Å²) < 4.78 is 5.24. The molecule has 0 bridgehead atoms. The lowest BCUT2D eigenvalue weighted by atomic mass is 10.00. The molecule has 0 fully saturated rings. The number of ether oxygens (including phenoxy) is 1. The van der Waals surface area contributed by atoms with Crippen LogP contribution in [0.1, 0.15) is 27.8 Å². The van der Waals surface area contributed by atoms with Crippen molar-refractivity contribution in [3.8, 4) is 5.75 Å². The second kappa shape index (κ2) is 6.58. The Labute approximate surface area is 121 Å². The second-order valence-electron chi connectivity index (χ2n) is 5.33. The maximum absolute atomic E-state index is 5.24. The standard InChI is InChI=1S/C18H23NO/c1-13-8-14(2)18(15(3)9-13)12-19-11-16-6-5-7-17(10-16)20-4/h5-10,19H,11-12H2,1-4H3. The van der Waals surface area contributed by atoms with Crippen molar-refractivity contribution in [3.05, 3.63) is 64.2 Å². The van der Waals surface area contributed by atoms with Gasteiger partial charge in [0.2, 0.25) is 0 Å². The molecule has 0 aromatic heterocycles. The van der Waals surface area contributed by atoms with E-state index in [0.717, 1.165) is 18.8 Å². The largest absolute Gasteiger partial charge is 0.497 e. The molecule has 2 heteroatoms. The molecule has 20 heavy (non-hydrogen) atoms. The lowest BCUT2D eigenvalue weighted by Crippen LogP contribution is -2.14. The molecule has 106 valence electrons. The topological polar surface area (TPSA) is 21.3 Å². The van der Waals surface area contributed by atoms with Crippen LogP contribution in [0, 0.1) is 20.8 Å². The first-order chi connectivity index (χ1) is 9.60. The number of nitrogens with one attached hydrogen (secondary N) is 1. The zero-order valence-corrected chi connectivity index (χ0v) is 12.8. The highest BCUT2D eigenvalue weighted by molar-refractivity contribution is 5.37. The number of benzene rings is 2. The van der Waals surface area contributed by atoms with Crippen LogP contribution in [0.25, 0.3) is 0 Å². The third kappa shape index (κ3) is 3.61. The van der Waals surface area contributed by atoms with Crippen molar-refractivity contribution >= 4 is 0 Å². The predicted octanol–water partition coefficient (Wildman–Crippen LogP) is 3.91. The number of aryl methyl sites for hydroxylation is 3. The van der Waals surface area contributed by atoms with Gasteiger partial charge in [0, 0.05) is 13.1 Å². The molecule has 0 spiro atoms. The lowest BCUT2D eigenvalue weighted by Gasteiger charge is -2.12. The Morgan fingerprint density at radius 2 is 1.65 bits per heavy atom. The van der Waals surface area contributed by atoms with Crippen LogP contribution in [0.15, 0.2) is 36.4 Å². The van der Waals surface area contributed by atoms with Gasteiger partial charge < -0.3 is 10.1 Å². The van der Waals surface area contributed by atoms with Crippen LogP contribution in [0.3, 0.4) is 0 Å². The number of hydrogen-bond acceptors (Lipinski definition) is 2. The van der Waals surface area contributed by atoms with Crippen LogP contribution >= 0.6 is 0 Å². The van der Waals surface area contributed by atoms with Gasteiger partial charge in [-0.15, -0.1) is 0 Å². The average molecular weight is 269 g/mol. The second-order valence-corrected chi connectivity index (χ2v) is 5.33. The molecule has 1 N–H and O–H groups in total. The smallest absolute Gasteiger partial charge is 0.119 e. The minimum absolute atomic E-state index is 0.851. The van der Waals surface area contributed by atoms with Gasteiger partial charge in [0.1, 0.15) is 5.75 Å². The molecule has 0 aliphatic heterocycles. The van der Waals surface area contributed by atoms with Crippen LogP contribution in [0.2, 0.25) is 0 Å². The molecule has 0 radical (unpaired) electrons. The summed E-state index contributed by atoms with van der Waals surface area (Å²) in [5.41, 5.74) is 6.70. The molecule has 0 aliphatic rings. The SMILES string of the molecule is COc1cccc(CNCc2c(C)cc(C)cc2C)c1. The van der Waals surface area contributed by atoms with E-state index >= 15 is 0 Å². The predicted molar refractivity (Wildman–Crippen MR) is 84.2 cm³/mol. The van der Waals surface area contributed by atoms with Crippen molar-refractivity contribution in [1.82, 2.24) is 5.32 Å². The Hall–Kier alpha value is -1.80. The molecule has 0 saturated carbocycles. The first-order valence-corrected chi connectivity index (χ1v) is 7.00. The highest BCUT2D eigenvalue weighted by Crippen LogP contribution is 2.17. The quantitative estimate of drug-likeness (QED) is 0.888. The number of hydrogen-bond donors (Lipinski definition) is 1. The van der Waals surface area contributed by atoms with Gasteiger partial charge in [-0.25, -0.2) is 0 Å². The van der Waals surface area contributed by atoms with Gasteiger partial charge in [-0.05, 0) is 55.2 Å². The van der Waals surface area contributed by atoms with Crippen molar-refractivity contribution in [1.29, 1.82) is 0 Å². The average Bonchev–Trinajstić information content (AvgIpc) is 2.42. The van der Waals surface area contributed by atoms with Crippen LogP contribution in [0.4, 0.5) is 0 Å². The molecule has 0 atom stereocenters. The summed E-state index contributed by atoms with van der Waals surface area (Å²) in [5, 5.41) is 3.51. The van der Waals surface area contributed by atoms with Crippen molar-refractivity contribution in [2.45, 2.75) is 33.9 Å². The van der Waals surface area contributed by atoms with Crippen molar-refractivity contribution < 1.29 is 4.74 Å². The van der Waals surface area contributed by atoms with Crippen LogP contribution in [0.5, 0.6) is 5.75 Å². The van der Waals surface area contributed by atoms with E-state index < -0.39 is 0 Å². The first kappa shape index (κ1) is 14.6. The van der Waals surface area contributed by atoms with E-state index in [2.05, 4.69) is 50.4 Å². The summed E-state index contributed by atoms with van der Waals surface area (Å²) in [6.07, 6.45) is 0. The van der Waals surface area contributed by atoms with E-state index in [0.29, 0.717) is 0 Å². The highest BCUT2D eigenvalue weighted by atomic mass is 16.5. The fourth-order valence-corrected chi connectivity index (χ4v) is 2.60. The van der Waals surface area contributed by atoms with Gasteiger partial charge in [-0.1, -0.05) is 29.8 Å². The maximum Gasteiger partial charge on any atom is 0.119 e. The zero-order chi connectivity index (χ0) is 14.5. The highest BCUT2D eigenvalue weighted by Gasteiger charge is 2.03. The Balaban J connectivity index is 1.99. The molecule has 2 aromatic rings. The van der Waals surface area contributed by atoms with Crippen molar-refractivity contribution in [2.24, 2.45) is 0 Å². The Bertz CT molecular complexity index is 567. The van der Waals surface area contributed by atoms with Crippen molar-refractivity contribution in [2.75, 3.05) is 7.11 Å². The molecule has 0 amide bonds. The summed E-state index contributed by atoms with van der Waals surface area (Å²) in [4.78, 5) is 0. The third-order valence-corrected chi connectivity index (χ3v) is 3.61. The zero-order valence-electron chi connectivity index (χ0n) is 12.8. The van der Waals surface area contributed by atoms with Gasteiger partial charge >= 0.3 is 0 Å². The molecule has 0 heterocycles. The number of methoxy groups -OCH3 is 1. The first-order valence-electron chi connectivity index (χ1n) is 7.00. The molecular formula is C18H23NO. The van der Waals surface area contributed by atoms with Crippen LogP contribution < -0.4 is 10.1 Å². The Morgan fingerprint density at radius 3 is 2.30 bits per heavy atom. The molecule has 2 aromatic carbocycles. The van der Waals surface area contributed by atoms with Gasteiger partial charge in [-0.2, -0.15) is 0 Å². The van der Waals surface area contributed by atoms with E-state index in [1.54, 1.807) is 7.11 Å². The summed E-state index contributed by atoms with van der Waals surface area (Å²) in [7, 11) is 1.70. The third-order valence-electron chi connectivity index (χ3n) is 3.61. The van der Waals surface area contributed by atoms with E-state index in [1.807, 2.05) is 12.1 Å². The van der Waals surface area contributed by atoms with E-state index in [9.17, 15) is 0 Å². The van der Waals surface area contributed by atoms with Gasteiger partial charge in [0.15, 0.2) is 0 Å². The fraction of sp³-hybridized carbons (Fsp3) is 0.333. The molecule has 0 aliphatic carbocycles. The molecule has 0 saturated heterocycles. The summed E-state index contributed by atoms with van der Waals surface area (Å²) in [5.74, 6) is 0.909. The molecule has 2 rings (SSSR count). The Kier molecular flexibility index (Phi) is 4.80. The monoisotopic (exact) mass is 269 g/mol. The summed E-state index contributed by atoms with van der Waals surface area (Å²) in [6, 6.07) is 12.7. The fourth-order valence-electron chi connectivity index (χ4n) is 2.60.